The van der Waals surface area contributed by atoms with Crippen LogP contribution in [-0.4, -0.2) is 32.5 Å². The van der Waals surface area contributed by atoms with Gasteiger partial charge in [0.05, 0.1) is 11.3 Å². The molecule has 0 N–H and O–H groups in total. The van der Waals surface area contributed by atoms with Gasteiger partial charge in [-0.25, -0.2) is 4.79 Å². The molecule has 1 fully saturated rings. The van der Waals surface area contributed by atoms with E-state index in [1.54, 1.807) is 22.7 Å². The zero-order chi connectivity index (χ0) is 19.5. The Bertz CT molecular complexity index is 850. The molecule has 2 aliphatic rings. The first-order valence-electron chi connectivity index (χ1n) is 8.88. The summed E-state index contributed by atoms with van der Waals surface area (Å²) in [6.45, 7) is 0. The molecule has 0 radical (unpaired) electrons. The number of nitrogens with zero attached hydrogens (tertiary/aromatic N) is 1. The van der Waals surface area contributed by atoms with Crippen molar-refractivity contribution in [1.29, 1.82) is 0 Å². The van der Waals surface area contributed by atoms with Gasteiger partial charge in [-0.3, -0.25) is 9.69 Å². The molecule has 5 nitrogen and oxygen atoms in total. The van der Waals surface area contributed by atoms with Crippen molar-refractivity contribution in [3.05, 3.63) is 83.7 Å². The molecule has 2 heterocycles. The fourth-order valence-electron chi connectivity index (χ4n) is 3.29. The first-order chi connectivity index (χ1) is 13.7. The molecule has 4 rings (SSSR count). The fourth-order valence-corrected chi connectivity index (χ4v) is 5.73. The Morgan fingerprint density at radius 2 is 1.71 bits per heavy atom. The highest BCUT2D eigenvalue weighted by atomic mass is 127. The number of thioether (sulfide) groups is 1. The largest absolute Gasteiger partial charge is 0.516 e. The van der Waals surface area contributed by atoms with E-state index in [1.165, 1.54) is 0 Å². The average molecular weight is 507 g/mol. The minimum absolute atomic E-state index is 0.00619. The second kappa shape index (κ2) is 8.57. The minimum atomic E-state index is -0.819. The maximum absolute atomic E-state index is 12.6. The van der Waals surface area contributed by atoms with Crippen molar-refractivity contribution in [1.82, 2.24) is 4.90 Å². The molecule has 2 aliphatic heterocycles. The molecule has 144 valence electrons. The molecule has 2 atom stereocenters. The van der Waals surface area contributed by atoms with E-state index >= 15 is 0 Å². The number of β-lactam (4-membered cyclic amide) rings is 1. The van der Waals surface area contributed by atoms with Gasteiger partial charge in [-0.05, 0) is 17.2 Å². The van der Waals surface area contributed by atoms with Crippen LogP contribution in [0.3, 0.4) is 0 Å². The van der Waals surface area contributed by atoms with E-state index < -0.39 is 12.3 Å². The lowest BCUT2D eigenvalue weighted by molar-refractivity contribution is -0.148. The molecule has 0 aromatic heterocycles. The number of ether oxygens (including phenoxy) is 2. The van der Waals surface area contributed by atoms with E-state index in [-0.39, 0.29) is 23.1 Å². The van der Waals surface area contributed by atoms with Gasteiger partial charge in [-0.1, -0.05) is 83.3 Å². The standard InChI is InChI=1S/C21H18INO4S/c22-13-16-19(24)23-17(11-12-28-20(16)23)26-21(25)27-18(14-7-3-1-4-8-14)15-9-5-2-6-10-15/h1-11,16,18,20H,12-13H2/t16?,20-/m0/s1. The van der Waals surface area contributed by atoms with Crippen molar-refractivity contribution >= 4 is 46.4 Å². The molecule has 2 aromatic carbocycles. The summed E-state index contributed by atoms with van der Waals surface area (Å²) in [5, 5.41) is 0.0382. The maximum atomic E-state index is 12.6. The summed E-state index contributed by atoms with van der Waals surface area (Å²) in [6, 6.07) is 19.0. The number of benzene rings is 2. The van der Waals surface area contributed by atoms with Crippen LogP contribution in [0, 0.1) is 5.92 Å². The van der Waals surface area contributed by atoms with Crippen molar-refractivity contribution in [2.75, 3.05) is 10.2 Å². The summed E-state index contributed by atoms with van der Waals surface area (Å²) in [7, 11) is 0. The van der Waals surface area contributed by atoms with Crippen LogP contribution in [0.15, 0.2) is 72.6 Å². The number of alkyl halides is 1. The summed E-state index contributed by atoms with van der Waals surface area (Å²) in [4.78, 5) is 26.4. The highest BCUT2D eigenvalue weighted by Crippen LogP contribution is 2.42. The topological polar surface area (TPSA) is 55.8 Å². The van der Waals surface area contributed by atoms with E-state index in [4.69, 9.17) is 9.47 Å². The zero-order valence-corrected chi connectivity index (χ0v) is 17.8. The van der Waals surface area contributed by atoms with E-state index in [9.17, 15) is 9.59 Å². The quantitative estimate of drug-likeness (QED) is 0.254. The lowest BCUT2D eigenvalue weighted by Crippen LogP contribution is -2.60. The highest BCUT2D eigenvalue weighted by molar-refractivity contribution is 14.1. The number of amides is 1. The Balaban J connectivity index is 1.50. The normalized spacial score (nSPS) is 20.9. The van der Waals surface area contributed by atoms with Crippen molar-refractivity contribution in [2.24, 2.45) is 5.92 Å². The first kappa shape index (κ1) is 19.3. The third kappa shape index (κ3) is 3.77. The monoisotopic (exact) mass is 507 g/mol. The number of hydrogen-bond donors (Lipinski definition) is 0. The number of carbonyl (C=O) groups is 2. The summed E-state index contributed by atoms with van der Waals surface area (Å²) in [6.07, 6.45) is 0.350. The molecular formula is C21H18INO4S. The van der Waals surface area contributed by atoms with E-state index in [1.807, 2.05) is 60.7 Å². The third-order valence-electron chi connectivity index (χ3n) is 4.69. The van der Waals surface area contributed by atoms with Crippen LogP contribution in [0.1, 0.15) is 17.2 Å². The Morgan fingerprint density at radius 1 is 1.11 bits per heavy atom. The molecule has 1 unspecified atom stereocenters. The molecule has 0 saturated carbocycles. The highest BCUT2D eigenvalue weighted by Gasteiger charge is 2.51. The lowest BCUT2D eigenvalue weighted by Gasteiger charge is -2.47. The number of hydrogen-bond acceptors (Lipinski definition) is 5. The van der Waals surface area contributed by atoms with Gasteiger partial charge in [0.25, 0.3) is 0 Å². The third-order valence-corrected chi connectivity index (χ3v) is 6.88. The molecule has 0 aliphatic carbocycles. The second-order valence-electron chi connectivity index (χ2n) is 6.41. The second-order valence-corrected chi connectivity index (χ2v) is 8.44. The molecule has 28 heavy (non-hydrogen) atoms. The van der Waals surface area contributed by atoms with E-state index in [0.29, 0.717) is 5.75 Å². The van der Waals surface area contributed by atoms with Crippen LogP contribution in [-0.2, 0) is 14.3 Å². The maximum Gasteiger partial charge on any atom is 0.516 e. The van der Waals surface area contributed by atoms with Crippen LogP contribution < -0.4 is 0 Å². The summed E-state index contributed by atoms with van der Waals surface area (Å²) >= 11 is 3.90. The van der Waals surface area contributed by atoms with Crippen LogP contribution in [0.2, 0.25) is 0 Å². The van der Waals surface area contributed by atoms with E-state index in [0.717, 1.165) is 15.6 Å². The van der Waals surface area contributed by atoms with Gasteiger partial charge in [0.15, 0.2) is 6.10 Å². The number of rotatable bonds is 5. The Labute approximate surface area is 181 Å². The van der Waals surface area contributed by atoms with Gasteiger partial charge in [-0.2, -0.15) is 0 Å². The van der Waals surface area contributed by atoms with Crippen LogP contribution in [0.25, 0.3) is 0 Å². The van der Waals surface area contributed by atoms with Crippen molar-refractivity contribution in [2.45, 2.75) is 11.5 Å². The van der Waals surface area contributed by atoms with Crippen LogP contribution in [0.4, 0.5) is 4.79 Å². The van der Waals surface area contributed by atoms with Gasteiger partial charge in [-0.15, -0.1) is 11.8 Å². The Kier molecular flexibility index (Phi) is 5.91. The number of halogens is 1. The minimum Gasteiger partial charge on any atom is -0.421 e. The van der Waals surface area contributed by atoms with Gasteiger partial charge in [0.2, 0.25) is 11.8 Å². The number of carbonyl (C=O) groups excluding carboxylic acids is 2. The predicted octanol–water partition coefficient (Wildman–Crippen LogP) is 4.74. The molecular weight excluding hydrogens is 489 g/mol. The zero-order valence-electron chi connectivity index (χ0n) is 14.9. The average Bonchev–Trinajstić information content (AvgIpc) is 2.73. The van der Waals surface area contributed by atoms with Crippen molar-refractivity contribution < 1.29 is 19.1 Å². The summed E-state index contributed by atoms with van der Waals surface area (Å²) < 4.78 is 11.9. The van der Waals surface area contributed by atoms with Crippen LogP contribution >= 0.6 is 34.4 Å². The molecule has 2 aromatic rings. The lowest BCUT2D eigenvalue weighted by atomic mass is 10.0. The Hall–Kier alpha value is -2.00. The van der Waals surface area contributed by atoms with Crippen LogP contribution in [0.5, 0.6) is 0 Å². The first-order valence-corrected chi connectivity index (χ1v) is 11.5. The van der Waals surface area contributed by atoms with E-state index in [2.05, 4.69) is 22.6 Å². The smallest absolute Gasteiger partial charge is 0.421 e. The number of fused-ring (bicyclic) bond motifs is 1. The molecule has 0 spiro atoms. The van der Waals surface area contributed by atoms with Gasteiger partial charge in [0.1, 0.15) is 0 Å². The predicted molar refractivity (Wildman–Crippen MR) is 116 cm³/mol. The van der Waals surface area contributed by atoms with Crippen molar-refractivity contribution in [3.63, 3.8) is 0 Å². The van der Waals surface area contributed by atoms with Gasteiger partial charge in [0, 0.05) is 10.2 Å². The van der Waals surface area contributed by atoms with Crippen molar-refractivity contribution in [3.8, 4) is 0 Å². The van der Waals surface area contributed by atoms with Gasteiger partial charge >= 0.3 is 6.16 Å². The fraction of sp³-hybridized carbons (Fsp3) is 0.238. The molecule has 7 heteroatoms. The summed E-state index contributed by atoms with van der Waals surface area (Å²) in [5.41, 5.74) is 1.70. The molecule has 0 bridgehead atoms. The molecule has 1 saturated heterocycles. The molecule has 1 amide bonds. The summed E-state index contributed by atoms with van der Waals surface area (Å²) in [5.74, 6) is 0.953. The Morgan fingerprint density at radius 3 is 2.29 bits per heavy atom. The SMILES string of the molecule is O=C(OC1=CCS[C@H]2C(CI)C(=O)N12)OC(c1ccccc1)c1ccccc1. The van der Waals surface area contributed by atoms with Gasteiger partial charge < -0.3 is 9.47 Å².